The Labute approximate surface area is 181 Å². The van der Waals surface area contributed by atoms with Crippen LogP contribution in [0.3, 0.4) is 0 Å². The Morgan fingerprint density at radius 3 is 2.87 bits per heavy atom. The zero-order valence-electron chi connectivity index (χ0n) is 17.4. The molecule has 1 amide bonds. The molecule has 162 valence electrons. The third kappa shape index (κ3) is 4.80. The van der Waals surface area contributed by atoms with Crippen LogP contribution in [0, 0.1) is 11.3 Å². The van der Waals surface area contributed by atoms with Crippen LogP contribution in [0.15, 0.2) is 42.5 Å². The zero-order valence-corrected chi connectivity index (χ0v) is 17.4. The van der Waals surface area contributed by atoms with Crippen molar-refractivity contribution in [3.8, 4) is 22.9 Å². The van der Waals surface area contributed by atoms with Gasteiger partial charge in [-0.15, -0.1) is 0 Å². The summed E-state index contributed by atoms with van der Waals surface area (Å²) in [6.07, 6.45) is -0.257. The van der Waals surface area contributed by atoms with Gasteiger partial charge in [-0.1, -0.05) is 30.3 Å². The molecule has 2 aromatic rings. The van der Waals surface area contributed by atoms with Gasteiger partial charge in [0.25, 0.3) is 12.3 Å². The molecule has 0 saturated carbocycles. The average molecular weight is 422 g/mol. The summed E-state index contributed by atoms with van der Waals surface area (Å²) in [5.74, 6) is 0.389. The highest BCUT2D eigenvalue weighted by Crippen LogP contribution is 2.38. The van der Waals surface area contributed by atoms with E-state index in [1.165, 1.54) is 0 Å². The lowest BCUT2D eigenvalue weighted by molar-refractivity contribution is -0.132. The number of fused-ring (bicyclic) bond motifs is 1. The maximum Gasteiger partial charge on any atom is 0.281 e. The van der Waals surface area contributed by atoms with Crippen molar-refractivity contribution in [2.24, 2.45) is 0 Å². The average Bonchev–Trinajstić information content (AvgIpc) is 2.96. The third-order valence-corrected chi connectivity index (χ3v) is 5.54. The van der Waals surface area contributed by atoms with Gasteiger partial charge in [0.15, 0.2) is 0 Å². The molecular formula is C23H26N4O4. The summed E-state index contributed by atoms with van der Waals surface area (Å²) in [4.78, 5) is 14.1. The van der Waals surface area contributed by atoms with E-state index < -0.39 is 18.6 Å². The predicted octanol–water partition coefficient (Wildman–Crippen LogP) is 1.39. The SMILES string of the molecule is CN1c2cc(-c3ccc(C[C@@H](C#N)NC(=O)[C@@H]4CNCCCO4)cc3)ccc2OC1O. The molecule has 8 nitrogen and oxygen atoms in total. The van der Waals surface area contributed by atoms with Crippen LogP contribution in [0.5, 0.6) is 5.75 Å². The number of ether oxygens (including phenoxy) is 2. The molecule has 0 aromatic heterocycles. The fraction of sp³-hybridized carbons (Fsp3) is 0.391. The smallest absolute Gasteiger partial charge is 0.281 e. The zero-order chi connectivity index (χ0) is 21.8. The molecule has 0 aliphatic carbocycles. The normalized spacial score (nSPS) is 21.4. The fourth-order valence-corrected chi connectivity index (χ4v) is 3.73. The van der Waals surface area contributed by atoms with E-state index in [2.05, 4.69) is 16.7 Å². The number of anilines is 1. The van der Waals surface area contributed by atoms with E-state index in [1.54, 1.807) is 11.9 Å². The first-order valence-electron chi connectivity index (χ1n) is 10.4. The Morgan fingerprint density at radius 1 is 1.32 bits per heavy atom. The van der Waals surface area contributed by atoms with Crippen LogP contribution in [0.2, 0.25) is 0 Å². The third-order valence-electron chi connectivity index (χ3n) is 5.54. The van der Waals surface area contributed by atoms with Crippen molar-refractivity contribution in [3.05, 3.63) is 48.0 Å². The van der Waals surface area contributed by atoms with Crippen molar-refractivity contribution < 1.29 is 19.4 Å². The van der Waals surface area contributed by atoms with Gasteiger partial charge in [-0.2, -0.15) is 5.26 Å². The standard InChI is InChI=1S/C23H26N4O4/c1-27-19-12-17(7-8-20(19)31-23(27)29)16-5-3-15(4-6-16)11-18(13-24)26-22(28)21-14-25-9-2-10-30-21/h3-8,12,18,21,23,25,29H,2,9-11,14H2,1H3,(H,26,28)/t18-,21-,23?/m0/s1. The maximum atomic E-state index is 12.4. The molecule has 0 spiro atoms. The van der Waals surface area contributed by atoms with Gasteiger partial charge in [0.1, 0.15) is 17.9 Å². The summed E-state index contributed by atoms with van der Waals surface area (Å²) in [5, 5.41) is 25.3. The first-order valence-corrected chi connectivity index (χ1v) is 10.4. The molecule has 2 aliphatic rings. The first-order chi connectivity index (χ1) is 15.0. The van der Waals surface area contributed by atoms with Crippen molar-refractivity contribution >= 4 is 11.6 Å². The summed E-state index contributed by atoms with van der Waals surface area (Å²) in [5.41, 5.74) is 3.79. The van der Waals surface area contributed by atoms with E-state index in [0.717, 1.165) is 35.3 Å². The lowest BCUT2D eigenvalue weighted by atomic mass is 10.00. The molecule has 0 bridgehead atoms. The van der Waals surface area contributed by atoms with Crippen LogP contribution in [-0.2, 0) is 16.0 Å². The Kier molecular flexibility index (Phi) is 6.37. The second-order valence-corrected chi connectivity index (χ2v) is 7.75. The molecule has 1 unspecified atom stereocenters. The topological polar surface area (TPSA) is 107 Å². The van der Waals surface area contributed by atoms with E-state index in [9.17, 15) is 15.2 Å². The van der Waals surface area contributed by atoms with Gasteiger partial charge in [0, 0.05) is 26.6 Å². The number of nitrogens with one attached hydrogen (secondary N) is 2. The van der Waals surface area contributed by atoms with Gasteiger partial charge in [0.2, 0.25) is 0 Å². The number of amides is 1. The van der Waals surface area contributed by atoms with Crippen LogP contribution in [0.25, 0.3) is 11.1 Å². The highest BCUT2D eigenvalue weighted by molar-refractivity contribution is 5.81. The number of aliphatic hydroxyl groups is 1. The van der Waals surface area contributed by atoms with Crippen LogP contribution in [-0.4, -0.2) is 56.3 Å². The summed E-state index contributed by atoms with van der Waals surface area (Å²) < 4.78 is 10.9. The van der Waals surface area contributed by atoms with Crippen LogP contribution >= 0.6 is 0 Å². The minimum Gasteiger partial charge on any atom is -0.445 e. The summed E-state index contributed by atoms with van der Waals surface area (Å²) in [7, 11) is 1.77. The molecule has 0 radical (unpaired) electrons. The quantitative estimate of drug-likeness (QED) is 0.668. The van der Waals surface area contributed by atoms with Crippen molar-refractivity contribution in [2.45, 2.75) is 31.4 Å². The number of rotatable bonds is 5. The second-order valence-electron chi connectivity index (χ2n) is 7.75. The van der Waals surface area contributed by atoms with Crippen LogP contribution in [0.1, 0.15) is 12.0 Å². The number of carbonyl (C=O) groups is 1. The van der Waals surface area contributed by atoms with Crippen molar-refractivity contribution in [1.82, 2.24) is 10.6 Å². The van der Waals surface area contributed by atoms with Crippen molar-refractivity contribution in [2.75, 3.05) is 31.6 Å². The summed E-state index contributed by atoms with van der Waals surface area (Å²) in [6, 6.07) is 15.2. The van der Waals surface area contributed by atoms with Gasteiger partial charge < -0.3 is 30.1 Å². The molecule has 31 heavy (non-hydrogen) atoms. The predicted molar refractivity (Wildman–Crippen MR) is 115 cm³/mol. The lowest BCUT2D eigenvalue weighted by Crippen LogP contribution is -2.46. The summed E-state index contributed by atoms with van der Waals surface area (Å²) >= 11 is 0. The monoisotopic (exact) mass is 422 g/mol. The Morgan fingerprint density at radius 2 is 2.10 bits per heavy atom. The number of hydrogen-bond acceptors (Lipinski definition) is 7. The molecule has 2 heterocycles. The molecular weight excluding hydrogens is 396 g/mol. The number of hydrogen-bond donors (Lipinski definition) is 3. The first kappa shape index (κ1) is 21.1. The van der Waals surface area contributed by atoms with Gasteiger partial charge in [-0.3, -0.25) is 4.79 Å². The Balaban J connectivity index is 1.40. The highest BCUT2D eigenvalue weighted by atomic mass is 16.6. The number of benzene rings is 2. The fourth-order valence-electron chi connectivity index (χ4n) is 3.73. The van der Waals surface area contributed by atoms with E-state index in [1.807, 2.05) is 42.5 Å². The van der Waals surface area contributed by atoms with Gasteiger partial charge >= 0.3 is 0 Å². The number of carbonyl (C=O) groups excluding carboxylic acids is 1. The molecule has 3 N–H and O–H groups in total. The molecule has 8 heteroatoms. The van der Waals surface area contributed by atoms with Gasteiger partial charge in [0.05, 0.1) is 11.8 Å². The number of nitriles is 1. The van der Waals surface area contributed by atoms with Crippen LogP contribution < -0.4 is 20.3 Å². The molecule has 2 aromatic carbocycles. The van der Waals surface area contributed by atoms with E-state index in [4.69, 9.17) is 9.47 Å². The van der Waals surface area contributed by atoms with Crippen molar-refractivity contribution in [3.63, 3.8) is 0 Å². The van der Waals surface area contributed by atoms with Crippen LogP contribution in [0.4, 0.5) is 5.69 Å². The Bertz CT molecular complexity index is 965. The van der Waals surface area contributed by atoms with Crippen molar-refractivity contribution in [1.29, 1.82) is 5.26 Å². The number of aliphatic hydroxyl groups excluding tert-OH is 1. The Hall–Kier alpha value is -3.12. The molecule has 3 atom stereocenters. The second kappa shape index (κ2) is 9.35. The largest absolute Gasteiger partial charge is 0.445 e. The summed E-state index contributed by atoms with van der Waals surface area (Å²) in [6.45, 7) is 1.82. The molecule has 2 aliphatic heterocycles. The number of nitrogens with zero attached hydrogens (tertiary/aromatic N) is 2. The lowest BCUT2D eigenvalue weighted by Gasteiger charge is -2.18. The van der Waals surface area contributed by atoms with Gasteiger partial charge in [-0.25, -0.2) is 0 Å². The minimum atomic E-state index is -0.968. The van der Waals surface area contributed by atoms with E-state index in [-0.39, 0.29) is 5.91 Å². The maximum absolute atomic E-state index is 12.4. The highest BCUT2D eigenvalue weighted by Gasteiger charge is 2.26. The molecule has 4 rings (SSSR count). The molecule has 1 fully saturated rings. The molecule has 1 saturated heterocycles. The van der Waals surface area contributed by atoms with Gasteiger partial charge in [-0.05, 0) is 41.8 Å². The van der Waals surface area contributed by atoms with E-state index in [0.29, 0.717) is 25.3 Å². The van der Waals surface area contributed by atoms with E-state index >= 15 is 0 Å². The minimum absolute atomic E-state index is 0.260.